The summed E-state index contributed by atoms with van der Waals surface area (Å²) in [7, 11) is 0. The van der Waals surface area contributed by atoms with E-state index in [2.05, 4.69) is 0 Å². The van der Waals surface area contributed by atoms with Gasteiger partial charge in [-0.2, -0.15) is 0 Å². The lowest BCUT2D eigenvalue weighted by Crippen LogP contribution is -1.96. The third-order valence-electron chi connectivity index (χ3n) is 1.96. The topological polar surface area (TPSA) is 46.5 Å². The highest BCUT2D eigenvalue weighted by Gasteiger charge is 2.05. The zero-order valence-corrected chi connectivity index (χ0v) is 10.1. The lowest BCUT2D eigenvalue weighted by atomic mass is 10.2. The predicted molar refractivity (Wildman–Crippen MR) is 68.4 cm³/mol. The Bertz CT molecular complexity index is 450. The summed E-state index contributed by atoms with van der Waals surface area (Å²) in [6.45, 7) is 2.29. The molecule has 0 aliphatic carbocycles. The molecule has 0 aliphatic rings. The average molecular weight is 253 g/mol. The van der Waals surface area contributed by atoms with Crippen molar-refractivity contribution < 1.29 is 14.6 Å². The summed E-state index contributed by atoms with van der Waals surface area (Å²) in [6, 6.07) is 5.19. The highest BCUT2D eigenvalue weighted by molar-refractivity contribution is 6.32. The molecule has 90 valence electrons. The molecular weight excluding hydrogens is 240 g/mol. The number of carbonyl (C=O) groups is 1. The highest BCUT2D eigenvalue weighted by atomic mass is 35.5. The molecule has 1 rings (SSSR count). The standard InChI is InChI=1S/C13H13ClO3/c1-2-3-9-17-13-10(7-8-12(15)16)5-4-6-11(13)14/h2-8H,9H2,1H3,(H,15,16)/b3-2+,8-7+. The number of carboxylic acid groups (broad SMARTS) is 1. The number of hydrogen-bond donors (Lipinski definition) is 1. The molecule has 0 bridgehead atoms. The van der Waals surface area contributed by atoms with E-state index in [1.807, 2.05) is 19.1 Å². The number of benzene rings is 1. The third-order valence-corrected chi connectivity index (χ3v) is 2.26. The molecule has 17 heavy (non-hydrogen) atoms. The molecule has 0 saturated carbocycles. The monoisotopic (exact) mass is 252 g/mol. The van der Waals surface area contributed by atoms with E-state index in [0.29, 0.717) is 22.9 Å². The van der Waals surface area contributed by atoms with Crippen LogP contribution < -0.4 is 4.74 Å². The van der Waals surface area contributed by atoms with Crippen LogP contribution in [0.4, 0.5) is 0 Å². The van der Waals surface area contributed by atoms with Crippen LogP contribution >= 0.6 is 11.6 Å². The highest BCUT2D eigenvalue weighted by Crippen LogP contribution is 2.29. The van der Waals surface area contributed by atoms with E-state index in [1.165, 1.54) is 6.08 Å². The van der Waals surface area contributed by atoms with Gasteiger partial charge in [-0.3, -0.25) is 0 Å². The van der Waals surface area contributed by atoms with E-state index in [0.717, 1.165) is 6.08 Å². The molecule has 1 N–H and O–H groups in total. The zero-order chi connectivity index (χ0) is 12.7. The van der Waals surface area contributed by atoms with Crippen LogP contribution in [0.1, 0.15) is 12.5 Å². The van der Waals surface area contributed by atoms with Gasteiger partial charge in [0.05, 0.1) is 5.02 Å². The van der Waals surface area contributed by atoms with Crippen LogP contribution in [0, 0.1) is 0 Å². The molecule has 1 aromatic carbocycles. The Balaban J connectivity index is 2.95. The van der Waals surface area contributed by atoms with Crippen molar-refractivity contribution in [2.24, 2.45) is 0 Å². The fraction of sp³-hybridized carbons (Fsp3) is 0.154. The SMILES string of the molecule is C/C=C/COc1c(Cl)cccc1/C=C/C(=O)O. The lowest BCUT2D eigenvalue weighted by molar-refractivity contribution is -0.131. The van der Waals surface area contributed by atoms with Gasteiger partial charge in [-0.15, -0.1) is 0 Å². The molecule has 0 heterocycles. The molecule has 3 nitrogen and oxygen atoms in total. The first-order valence-corrected chi connectivity index (χ1v) is 5.46. The van der Waals surface area contributed by atoms with Gasteiger partial charge in [0.25, 0.3) is 0 Å². The van der Waals surface area contributed by atoms with Crippen molar-refractivity contribution in [3.63, 3.8) is 0 Å². The first kappa shape index (κ1) is 13.3. The Morgan fingerprint density at radius 1 is 1.53 bits per heavy atom. The van der Waals surface area contributed by atoms with Crippen LogP contribution in [-0.4, -0.2) is 17.7 Å². The van der Waals surface area contributed by atoms with Crippen LogP contribution in [0.5, 0.6) is 5.75 Å². The molecule has 0 unspecified atom stereocenters. The fourth-order valence-corrected chi connectivity index (χ4v) is 1.43. The molecular formula is C13H13ClO3. The van der Waals surface area contributed by atoms with Gasteiger partial charge in [0.2, 0.25) is 0 Å². The van der Waals surface area contributed by atoms with Gasteiger partial charge in [0.1, 0.15) is 12.4 Å². The fourth-order valence-electron chi connectivity index (χ4n) is 1.20. The van der Waals surface area contributed by atoms with Crippen LogP contribution in [0.2, 0.25) is 5.02 Å². The summed E-state index contributed by atoms with van der Waals surface area (Å²) in [5.74, 6) is -0.519. The van der Waals surface area contributed by atoms with E-state index in [9.17, 15) is 4.79 Å². The van der Waals surface area contributed by atoms with Crippen molar-refractivity contribution in [2.45, 2.75) is 6.92 Å². The van der Waals surface area contributed by atoms with E-state index in [4.69, 9.17) is 21.4 Å². The minimum atomic E-state index is -1.01. The van der Waals surface area contributed by atoms with Gasteiger partial charge in [0.15, 0.2) is 0 Å². The number of halogens is 1. The van der Waals surface area contributed by atoms with Crippen LogP contribution in [0.25, 0.3) is 6.08 Å². The van der Waals surface area contributed by atoms with E-state index in [-0.39, 0.29) is 0 Å². The first-order valence-electron chi connectivity index (χ1n) is 5.08. The summed E-state index contributed by atoms with van der Waals surface area (Å²) in [6.07, 6.45) is 6.21. The Kier molecular flexibility index (Phi) is 5.30. The van der Waals surface area contributed by atoms with Crippen LogP contribution in [-0.2, 0) is 4.79 Å². The van der Waals surface area contributed by atoms with E-state index < -0.39 is 5.97 Å². The molecule has 0 radical (unpaired) electrons. The molecule has 0 aliphatic heterocycles. The predicted octanol–water partition coefficient (Wildman–Crippen LogP) is 3.39. The maximum Gasteiger partial charge on any atom is 0.328 e. The van der Waals surface area contributed by atoms with Gasteiger partial charge in [-0.25, -0.2) is 4.79 Å². The Morgan fingerprint density at radius 3 is 2.94 bits per heavy atom. The first-order chi connectivity index (χ1) is 8.15. The van der Waals surface area contributed by atoms with Gasteiger partial charge in [0, 0.05) is 11.6 Å². The number of para-hydroxylation sites is 1. The summed E-state index contributed by atoms with van der Waals surface area (Å²) in [4.78, 5) is 10.5. The summed E-state index contributed by atoms with van der Waals surface area (Å²) >= 11 is 5.99. The Hall–Kier alpha value is -1.74. The molecule has 0 amide bonds. The average Bonchev–Trinajstić information content (AvgIpc) is 2.29. The van der Waals surface area contributed by atoms with Crippen molar-refractivity contribution >= 4 is 23.6 Å². The van der Waals surface area contributed by atoms with Crippen molar-refractivity contribution in [3.05, 3.63) is 47.0 Å². The maximum absolute atomic E-state index is 10.5. The second kappa shape index (κ2) is 6.76. The minimum absolute atomic E-state index is 0.397. The molecule has 4 heteroatoms. The van der Waals surface area contributed by atoms with Crippen molar-refractivity contribution in [1.29, 1.82) is 0 Å². The quantitative estimate of drug-likeness (QED) is 0.645. The normalized spacial score (nSPS) is 11.2. The van der Waals surface area contributed by atoms with Crippen molar-refractivity contribution in [1.82, 2.24) is 0 Å². The number of rotatable bonds is 5. The number of ether oxygens (including phenoxy) is 1. The lowest BCUT2D eigenvalue weighted by Gasteiger charge is -2.08. The number of hydrogen-bond acceptors (Lipinski definition) is 2. The molecule has 0 fully saturated rings. The van der Waals surface area contributed by atoms with Crippen molar-refractivity contribution in [2.75, 3.05) is 6.61 Å². The number of aliphatic carboxylic acids is 1. The third kappa shape index (κ3) is 4.33. The Morgan fingerprint density at radius 2 is 2.29 bits per heavy atom. The number of allylic oxidation sites excluding steroid dienone is 1. The van der Waals surface area contributed by atoms with Crippen molar-refractivity contribution in [3.8, 4) is 5.75 Å². The summed E-state index contributed by atoms with van der Waals surface area (Å²) < 4.78 is 5.48. The Labute approximate surface area is 105 Å². The van der Waals surface area contributed by atoms with Gasteiger partial charge < -0.3 is 9.84 Å². The van der Waals surface area contributed by atoms with Crippen LogP contribution in [0.15, 0.2) is 36.4 Å². The largest absolute Gasteiger partial charge is 0.487 e. The van der Waals surface area contributed by atoms with Gasteiger partial charge >= 0.3 is 5.97 Å². The maximum atomic E-state index is 10.5. The number of carboxylic acids is 1. The van der Waals surface area contributed by atoms with E-state index >= 15 is 0 Å². The van der Waals surface area contributed by atoms with Gasteiger partial charge in [-0.1, -0.05) is 35.9 Å². The zero-order valence-electron chi connectivity index (χ0n) is 9.39. The molecule has 0 aromatic heterocycles. The smallest absolute Gasteiger partial charge is 0.328 e. The summed E-state index contributed by atoms with van der Waals surface area (Å²) in [5, 5.41) is 9.04. The van der Waals surface area contributed by atoms with Crippen LogP contribution in [0.3, 0.4) is 0 Å². The van der Waals surface area contributed by atoms with Gasteiger partial charge in [-0.05, 0) is 19.1 Å². The summed E-state index contributed by atoms with van der Waals surface area (Å²) in [5.41, 5.74) is 0.643. The molecule has 0 spiro atoms. The second-order valence-electron chi connectivity index (χ2n) is 3.21. The molecule has 0 atom stereocenters. The molecule has 0 saturated heterocycles. The van der Waals surface area contributed by atoms with E-state index in [1.54, 1.807) is 18.2 Å². The second-order valence-corrected chi connectivity index (χ2v) is 3.62. The minimum Gasteiger partial charge on any atom is -0.487 e. The molecule has 1 aromatic rings.